The first-order chi connectivity index (χ1) is 12.7. The van der Waals surface area contributed by atoms with Crippen LogP contribution < -0.4 is 10.6 Å². The average Bonchev–Trinajstić information content (AvgIpc) is 3.07. The van der Waals surface area contributed by atoms with Gasteiger partial charge < -0.3 is 15.6 Å². The molecule has 0 saturated carbocycles. The Morgan fingerprint density at radius 1 is 1.15 bits per heavy atom. The van der Waals surface area contributed by atoms with Crippen molar-refractivity contribution < 1.29 is 13.2 Å². The third kappa shape index (κ3) is 4.47. The van der Waals surface area contributed by atoms with Crippen LogP contribution in [-0.4, -0.2) is 40.5 Å². The van der Waals surface area contributed by atoms with Gasteiger partial charge in [-0.15, -0.1) is 0 Å². The molecule has 0 aromatic carbocycles. The largest absolute Gasteiger partial charge is 0.345 e. The third-order valence-electron chi connectivity index (χ3n) is 3.55. The van der Waals surface area contributed by atoms with Gasteiger partial charge in [0.15, 0.2) is 14.9 Å². The fourth-order valence-corrected chi connectivity index (χ4v) is 3.10. The molecule has 0 fully saturated rings. The molecule has 0 saturated heterocycles. The fraction of sp³-hybridized carbons (Fsp3) is 0.176. The number of nitrogens with zero attached hydrogens (tertiary/aromatic N) is 3. The molecule has 140 valence electrons. The van der Waals surface area contributed by atoms with Gasteiger partial charge in [-0.05, 0) is 24.6 Å². The monoisotopic (exact) mass is 386 g/mol. The third-order valence-corrected chi connectivity index (χ3v) is 4.52. The first-order valence-corrected chi connectivity index (χ1v) is 9.84. The lowest BCUT2D eigenvalue weighted by molar-refractivity contribution is -0.114. The van der Waals surface area contributed by atoms with Crippen molar-refractivity contribution in [3.63, 3.8) is 0 Å². The number of anilines is 3. The number of aromatic amines is 1. The SMILES string of the molecule is CC(=O)Nc1cc(Nc2cc(C)cc(S(C)(=O)=O)n2)c(-c2ncc[nH]2)cn1. The summed E-state index contributed by atoms with van der Waals surface area (Å²) in [6.07, 6.45) is 5.94. The van der Waals surface area contributed by atoms with E-state index in [9.17, 15) is 13.2 Å². The van der Waals surface area contributed by atoms with Crippen LogP contribution >= 0.6 is 0 Å². The quantitative estimate of drug-likeness (QED) is 0.613. The second-order valence-electron chi connectivity index (χ2n) is 6.00. The number of aromatic nitrogens is 4. The van der Waals surface area contributed by atoms with E-state index in [0.29, 0.717) is 28.7 Å². The van der Waals surface area contributed by atoms with Crippen LogP contribution in [0.25, 0.3) is 11.4 Å². The molecule has 3 heterocycles. The highest BCUT2D eigenvalue weighted by atomic mass is 32.2. The Bertz CT molecular complexity index is 1090. The Labute approximate surface area is 156 Å². The molecule has 0 aliphatic carbocycles. The maximum Gasteiger partial charge on any atom is 0.222 e. The Morgan fingerprint density at radius 3 is 2.56 bits per heavy atom. The van der Waals surface area contributed by atoms with Crippen LogP contribution in [0, 0.1) is 6.92 Å². The Balaban J connectivity index is 2.07. The molecule has 0 bridgehead atoms. The Morgan fingerprint density at radius 2 is 1.93 bits per heavy atom. The van der Waals surface area contributed by atoms with Gasteiger partial charge in [0, 0.05) is 37.8 Å². The highest BCUT2D eigenvalue weighted by molar-refractivity contribution is 7.90. The minimum Gasteiger partial charge on any atom is -0.345 e. The highest BCUT2D eigenvalue weighted by Gasteiger charge is 2.14. The van der Waals surface area contributed by atoms with Crippen molar-refractivity contribution in [1.82, 2.24) is 19.9 Å². The van der Waals surface area contributed by atoms with Gasteiger partial charge in [0.25, 0.3) is 0 Å². The van der Waals surface area contributed by atoms with Crippen LogP contribution in [0.1, 0.15) is 12.5 Å². The number of carbonyl (C=O) groups is 1. The standard InChI is InChI=1S/C17H18N6O3S/c1-10-6-15(23-16(7-10)27(3,25)26)22-13-8-14(21-11(2)24)20-9-12(13)17-18-4-5-19-17/h4-9H,1-3H3,(H,18,19)(H2,20,21,22,23,24). The van der Waals surface area contributed by atoms with Crippen molar-refractivity contribution in [3.8, 4) is 11.4 Å². The van der Waals surface area contributed by atoms with Crippen molar-refractivity contribution in [1.29, 1.82) is 0 Å². The van der Waals surface area contributed by atoms with Crippen LogP contribution in [0.3, 0.4) is 0 Å². The minimum atomic E-state index is -3.46. The molecular formula is C17H18N6O3S. The van der Waals surface area contributed by atoms with Gasteiger partial charge >= 0.3 is 0 Å². The molecule has 1 amide bonds. The summed E-state index contributed by atoms with van der Waals surface area (Å²) in [5.74, 6) is 1.00. The molecule has 3 N–H and O–H groups in total. The van der Waals surface area contributed by atoms with E-state index in [-0.39, 0.29) is 10.9 Å². The van der Waals surface area contributed by atoms with Gasteiger partial charge in [0.1, 0.15) is 17.5 Å². The summed E-state index contributed by atoms with van der Waals surface area (Å²) in [6, 6.07) is 4.85. The van der Waals surface area contributed by atoms with Crippen molar-refractivity contribution in [2.24, 2.45) is 0 Å². The predicted octanol–water partition coefficient (Wildman–Crippen LogP) is 2.28. The van der Waals surface area contributed by atoms with Crippen molar-refractivity contribution >= 4 is 33.1 Å². The molecular weight excluding hydrogens is 368 g/mol. The van der Waals surface area contributed by atoms with E-state index in [2.05, 4.69) is 30.6 Å². The van der Waals surface area contributed by atoms with E-state index in [1.165, 1.54) is 13.0 Å². The summed E-state index contributed by atoms with van der Waals surface area (Å²) >= 11 is 0. The number of H-pyrrole nitrogens is 1. The summed E-state index contributed by atoms with van der Waals surface area (Å²) in [4.78, 5) is 26.9. The van der Waals surface area contributed by atoms with Gasteiger partial charge in [-0.1, -0.05) is 0 Å². The molecule has 0 spiro atoms. The van der Waals surface area contributed by atoms with Crippen LogP contribution in [-0.2, 0) is 14.6 Å². The molecule has 0 radical (unpaired) electrons. The fourth-order valence-electron chi connectivity index (χ4n) is 2.44. The zero-order valence-corrected chi connectivity index (χ0v) is 15.8. The summed E-state index contributed by atoms with van der Waals surface area (Å²) in [6.45, 7) is 3.17. The van der Waals surface area contributed by atoms with E-state index in [4.69, 9.17) is 0 Å². The molecule has 3 aromatic rings. The second kappa shape index (κ2) is 7.16. The lowest BCUT2D eigenvalue weighted by Gasteiger charge is -2.13. The summed E-state index contributed by atoms with van der Waals surface area (Å²) in [5.41, 5.74) is 1.93. The zero-order chi connectivity index (χ0) is 19.6. The number of aryl methyl sites for hydroxylation is 1. The van der Waals surface area contributed by atoms with Crippen molar-refractivity contribution in [3.05, 3.63) is 42.4 Å². The number of sulfone groups is 1. The van der Waals surface area contributed by atoms with Crippen molar-refractivity contribution in [2.45, 2.75) is 18.9 Å². The van der Waals surface area contributed by atoms with E-state index >= 15 is 0 Å². The topological polar surface area (TPSA) is 130 Å². The Hall–Kier alpha value is -3.27. The molecule has 0 aliphatic rings. The molecule has 0 unspecified atom stereocenters. The number of imidazole rings is 1. The smallest absolute Gasteiger partial charge is 0.222 e. The minimum absolute atomic E-state index is 0.0271. The normalized spacial score (nSPS) is 11.2. The summed E-state index contributed by atoms with van der Waals surface area (Å²) in [7, 11) is -3.46. The Kier molecular flexibility index (Phi) is 4.91. The van der Waals surface area contributed by atoms with Gasteiger partial charge in [-0.3, -0.25) is 4.79 Å². The molecule has 3 aromatic heterocycles. The lowest BCUT2D eigenvalue weighted by Crippen LogP contribution is -2.09. The highest BCUT2D eigenvalue weighted by Crippen LogP contribution is 2.29. The number of hydrogen-bond acceptors (Lipinski definition) is 7. The second-order valence-corrected chi connectivity index (χ2v) is 7.96. The maximum atomic E-state index is 11.9. The summed E-state index contributed by atoms with van der Waals surface area (Å²) in [5, 5.41) is 5.69. The maximum absolute atomic E-state index is 11.9. The molecule has 0 atom stereocenters. The van der Waals surface area contributed by atoms with E-state index < -0.39 is 9.84 Å². The number of rotatable bonds is 5. The zero-order valence-electron chi connectivity index (χ0n) is 14.9. The van der Waals surface area contributed by atoms with E-state index in [1.54, 1.807) is 37.6 Å². The summed E-state index contributed by atoms with van der Waals surface area (Å²) < 4.78 is 23.7. The lowest BCUT2D eigenvalue weighted by atomic mass is 10.2. The predicted molar refractivity (Wildman–Crippen MR) is 101 cm³/mol. The van der Waals surface area contributed by atoms with Crippen LogP contribution in [0.4, 0.5) is 17.3 Å². The molecule has 0 aliphatic heterocycles. The van der Waals surface area contributed by atoms with Gasteiger partial charge in [0.05, 0.1) is 11.3 Å². The van der Waals surface area contributed by atoms with E-state index in [1.807, 2.05) is 0 Å². The first-order valence-electron chi connectivity index (χ1n) is 7.95. The number of carbonyl (C=O) groups excluding carboxylic acids is 1. The van der Waals surface area contributed by atoms with Gasteiger partial charge in [-0.25, -0.2) is 23.4 Å². The molecule has 10 heteroatoms. The number of nitrogens with one attached hydrogen (secondary N) is 3. The molecule has 3 rings (SSSR count). The van der Waals surface area contributed by atoms with Crippen LogP contribution in [0.15, 0.2) is 41.8 Å². The first kappa shape index (κ1) is 18.5. The average molecular weight is 386 g/mol. The number of pyridine rings is 2. The number of hydrogen-bond donors (Lipinski definition) is 3. The van der Waals surface area contributed by atoms with Gasteiger partial charge in [0.2, 0.25) is 5.91 Å². The van der Waals surface area contributed by atoms with Crippen molar-refractivity contribution in [2.75, 3.05) is 16.9 Å². The molecule has 9 nitrogen and oxygen atoms in total. The molecule has 27 heavy (non-hydrogen) atoms. The van der Waals surface area contributed by atoms with Crippen LogP contribution in [0.5, 0.6) is 0 Å². The van der Waals surface area contributed by atoms with Gasteiger partial charge in [-0.2, -0.15) is 0 Å². The van der Waals surface area contributed by atoms with Crippen LogP contribution in [0.2, 0.25) is 0 Å². The van der Waals surface area contributed by atoms with E-state index in [0.717, 1.165) is 11.8 Å². The number of amides is 1.